The number of ether oxygens (including phenoxy) is 1. The topological polar surface area (TPSA) is 96.0 Å². The third-order valence-electron chi connectivity index (χ3n) is 6.78. The lowest BCUT2D eigenvalue weighted by Crippen LogP contribution is -2.54. The molecule has 0 aliphatic heterocycles. The van der Waals surface area contributed by atoms with Crippen LogP contribution < -0.4 is 14.4 Å². The Bertz CT molecular complexity index is 1450. The molecule has 0 saturated heterocycles. The Morgan fingerprint density at radius 1 is 0.929 bits per heavy atom. The Kier molecular flexibility index (Phi) is 12.1. The van der Waals surface area contributed by atoms with Crippen LogP contribution >= 0.6 is 23.2 Å². The highest BCUT2D eigenvalue weighted by molar-refractivity contribution is 7.92. The summed E-state index contributed by atoms with van der Waals surface area (Å²) in [5.74, 6) is -0.664. The standard InChI is InChI=1S/C31H37Cl2N3O5S/c1-5-22(3)34-31(38)28(19-23-13-8-7-9-14-23)35(20-24-25(32)15-12-16-26(24)33)30(37)21-36(42(4,39)40)27-17-10-11-18-29(27)41-6-2/h7-18,22,28H,5-6,19-21H2,1-4H3,(H,34,38)/t22-,28+/m0/s1. The van der Waals surface area contributed by atoms with Crippen molar-refractivity contribution in [1.82, 2.24) is 10.2 Å². The Morgan fingerprint density at radius 3 is 2.14 bits per heavy atom. The molecule has 8 nitrogen and oxygen atoms in total. The number of para-hydroxylation sites is 2. The first-order valence-corrected chi connectivity index (χ1v) is 16.3. The van der Waals surface area contributed by atoms with Crippen molar-refractivity contribution in [2.75, 3.05) is 23.7 Å². The molecule has 3 aromatic rings. The molecular weight excluding hydrogens is 597 g/mol. The van der Waals surface area contributed by atoms with E-state index < -0.39 is 28.5 Å². The monoisotopic (exact) mass is 633 g/mol. The van der Waals surface area contributed by atoms with Gasteiger partial charge in [-0.25, -0.2) is 8.42 Å². The number of sulfonamides is 1. The summed E-state index contributed by atoms with van der Waals surface area (Å²) in [6, 6.07) is 19.8. The van der Waals surface area contributed by atoms with Crippen molar-refractivity contribution in [2.24, 2.45) is 0 Å². The zero-order valence-electron chi connectivity index (χ0n) is 24.2. The quantitative estimate of drug-likeness (QED) is 0.245. The van der Waals surface area contributed by atoms with E-state index in [2.05, 4.69) is 5.32 Å². The van der Waals surface area contributed by atoms with E-state index in [1.54, 1.807) is 49.4 Å². The number of nitrogens with zero attached hydrogens (tertiary/aromatic N) is 2. The zero-order chi connectivity index (χ0) is 30.9. The van der Waals surface area contributed by atoms with Gasteiger partial charge in [0.25, 0.3) is 0 Å². The normalized spacial score (nSPS) is 12.7. The highest BCUT2D eigenvalue weighted by atomic mass is 35.5. The minimum Gasteiger partial charge on any atom is -0.492 e. The van der Waals surface area contributed by atoms with Gasteiger partial charge < -0.3 is 15.0 Å². The number of nitrogens with one attached hydrogen (secondary N) is 1. The number of carbonyl (C=O) groups is 2. The highest BCUT2D eigenvalue weighted by Crippen LogP contribution is 2.31. The van der Waals surface area contributed by atoms with Crippen LogP contribution in [-0.2, 0) is 32.6 Å². The molecule has 3 aromatic carbocycles. The minimum absolute atomic E-state index is 0.118. The molecule has 42 heavy (non-hydrogen) atoms. The number of anilines is 1. The maximum absolute atomic E-state index is 14.3. The van der Waals surface area contributed by atoms with Crippen molar-refractivity contribution in [2.45, 2.75) is 52.2 Å². The lowest BCUT2D eigenvalue weighted by atomic mass is 10.0. The molecular formula is C31H37Cl2N3O5S. The molecule has 0 fully saturated rings. The summed E-state index contributed by atoms with van der Waals surface area (Å²) in [6.45, 7) is 5.22. The molecule has 0 bridgehead atoms. The molecule has 0 spiro atoms. The van der Waals surface area contributed by atoms with Crippen molar-refractivity contribution in [3.8, 4) is 5.75 Å². The van der Waals surface area contributed by atoms with Crippen LogP contribution in [0.4, 0.5) is 5.69 Å². The molecule has 0 saturated carbocycles. The van der Waals surface area contributed by atoms with Gasteiger partial charge in [-0.05, 0) is 50.1 Å². The van der Waals surface area contributed by atoms with Crippen molar-refractivity contribution >= 4 is 50.7 Å². The van der Waals surface area contributed by atoms with Gasteiger partial charge in [-0.2, -0.15) is 0 Å². The van der Waals surface area contributed by atoms with E-state index in [0.29, 0.717) is 34.4 Å². The summed E-state index contributed by atoms with van der Waals surface area (Å²) in [5, 5.41) is 3.63. The first-order chi connectivity index (χ1) is 20.0. The fourth-order valence-electron chi connectivity index (χ4n) is 4.38. The second-order valence-electron chi connectivity index (χ2n) is 9.92. The van der Waals surface area contributed by atoms with Crippen LogP contribution in [-0.4, -0.2) is 56.6 Å². The van der Waals surface area contributed by atoms with Crippen LogP contribution in [0.1, 0.15) is 38.3 Å². The van der Waals surface area contributed by atoms with Gasteiger partial charge in [0.1, 0.15) is 18.3 Å². The minimum atomic E-state index is -3.95. The Balaban J connectivity index is 2.13. The maximum atomic E-state index is 14.3. The Labute approximate surface area is 258 Å². The molecule has 2 atom stereocenters. The third-order valence-corrected chi connectivity index (χ3v) is 8.61. The van der Waals surface area contributed by atoms with Gasteiger partial charge in [0.15, 0.2) is 0 Å². The van der Waals surface area contributed by atoms with E-state index in [-0.39, 0.29) is 30.6 Å². The summed E-state index contributed by atoms with van der Waals surface area (Å²) in [4.78, 5) is 29.4. The van der Waals surface area contributed by atoms with Gasteiger partial charge in [0, 0.05) is 34.6 Å². The maximum Gasteiger partial charge on any atom is 0.244 e. The summed E-state index contributed by atoms with van der Waals surface area (Å²) in [5.41, 5.74) is 1.49. The van der Waals surface area contributed by atoms with Crippen molar-refractivity contribution in [1.29, 1.82) is 0 Å². The van der Waals surface area contributed by atoms with Gasteiger partial charge >= 0.3 is 0 Å². The summed E-state index contributed by atoms with van der Waals surface area (Å²) >= 11 is 13.0. The number of amides is 2. The van der Waals surface area contributed by atoms with Crippen molar-refractivity contribution < 1.29 is 22.7 Å². The number of halogens is 2. The fourth-order valence-corrected chi connectivity index (χ4v) is 5.75. The van der Waals surface area contributed by atoms with E-state index in [4.69, 9.17) is 27.9 Å². The van der Waals surface area contributed by atoms with E-state index in [1.807, 2.05) is 44.2 Å². The molecule has 226 valence electrons. The van der Waals surface area contributed by atoms with Crippen LogP contribution in [0.2, 0.25) is 10.0 Å². The molecule has 3 rings (SSSR count). The molecule has 0 radical (unpaired) electrons. The lowest BCUT2D eigenvalue weighted by Gasteiger charge is -2.34. The number of benzene rings is 3. The van der Waals surface area contributed by atoms with Crippen LogP contribution in [0.25, 0.3) is 0 Å². The number of carbonyl (C=O) groups excluding carboxylic acids is 2. The predicted octanol–water partition coefficient (Wildman–Crippen LogP) is 5.71. The van der Waals surface area contributed by atoms with E-state index in [1.165, 1.54) is 4.90 Å². The third kappa shape index (κ3) is 8.86. The first kappa shape index (κ1) is 33.2. The molecule has 0 aliphatic rings. The molecule has 0 aromatic heterocycles. The van der Waals surface area contributed by atoms with Gasteiger partial charge in [0.2, 0.25) is 21.8 Å². The van der Waals surface area contributed by atoms with Gasteiger partial charge in [-0.1, -0.05) is 78.7 Å². The number of rotatable bonds is 14. The van der Waals surface area contributed by atoms with Gasteiger partial charge in [0.05, 0.1) is 18.6 Å². The Hall–Kier alpha value is -3.27. The average molecular weight is 635 g/mol. The zero-order valence-corrected chi connectivity index (χ0v) is 26.5. The van der Waals surface area contributed by atoms with Crippen LogP contribution in [0.5, 0.6) is 5.75 Å². The van der Waals surface area contributed by atoms with E-state index in [9.17, 15) is 18.0 Å². The van der Waals surface area contributed by atoms with E-state index >= 15 is 0 Å². The van der Waals surface area contributed by atoms with Gasteiger partial charge in [-0.3, -0.25) is 13.9 Å². The predicted molar refractivity (Wildman–Crippen MR) is 169 cm³/mol. The van der Waals surface area contributed by atoms with E-state index in [0.717, 1.165) is 16.1 Å². The van der Waals surface area contributed by atoms with Crippen molar-refractivity contribution in [3.63, 3.8) is 0 Å². The average Bonchev–Trinajstić information content (AvgIpc) is 2.95. The van der Waals surface area contributed by atoms with Crippen LogP contribution in [0.3, 0.4) is 0 Å². The molecule has 2 amide bonds. The number of hydrogen-bond acceptors (Lipinski definition) is 5. The molecule has 0 unspecified atom stereocenters. The molecule has 0 heterocycles. The second-order valence-corrected chi connectivity index (χ2v) is 12.6. The smallest absolute Gasteiger partial charge is 0.244 e. The second kappa shape index (κ2) is 15.3. The van der Waals surface area contributed by atoms with Gasteiger partial charge in [-0.15, -0.1) is 0 Å². The van der Waals surface area contributed by atoms with Crippen molar-refractivity contribution in [3.05, 3.63) is 94.0 Å². The first-order valence-electron chi connectivity index (χ1n) is 13.7. The lowest BCUT2D eigenvalue weighted by molar-refractivity contribution is -0.140. The van der Waals surface area contributed by atoms with Crippen LogP contribution in [0.15, 0.2) is 72.8 Å². The fraction of sp³-hybridized carbons (Fsp3) is 0.355. The largest absolute Gasteiger partial charge is 0.492 e. The van der Waals surface area contributed by atoms with Crippen LogP contribution in [0, 0.1) is 0 Å². The highest BCUT2D eigenvalue weighted by Gasteiger charge is 2.34. The Morgan fingerprint density at radius 2 is 1.55 bits per heavy atom. The number of hydrogen-bond donors (Lipinski definition) is 1. The molecule has 11 heteroatoms. The molecule has 0 aliphatic carbocycles. The summed E-state index contributed by atoms with van der Waals surface area (Å²) < 4.78 is 32.8. The molecule has 1 N–H and O–H groups in total. The summed E-state index contributed by atoms with van der Waals surface area (Å²) in [7, 11) is -3.95. The summed E-state index contributed by atoms with van der Waals surface area (Å²) in [6.07, 6.45) is 1.89. The SMILES string of the molecule is CCOc1ccccc1N(CC(=O)N(Cc1c(Cl)cccc1Cl)[C@H](Cc1ccccc1)C(=O)N[C@@H](C)CC)S(C)(=O)=O.